The van der Waals surface area contributed by atoms with Gasteiger partial charge >= 0.3 is 0 Å². The Morgan fingerprint density at radius 3 is 2.76 bits per heavy atom. The first-order chi connectivity index (χ1) is 10.2. The Morgan fingerprint density at radius 2 is 2.05 bits per heavy atom. The molecule has 0 amide bonds. The van der Waals surface area contributed by atoms with Crippen LogP contribution in [0.3, 0.4) is 0 Å². The molecule has 0 heterocycles. The van der Waals surface area contributed by atoms with Crippen molar-refractivity contribution in [2.75, 3.05) is 6.61 Å². The minimum Gasteiger partial charge on any atom is -0.507 e. The van der Waals surface area contributed by atoms with Gasteiger partial charge in [0.25, 0.3) is 0 Å². The second kappa shape index (κ2) is 7.45. The predicted molar refractivity (Wildman–Crippen MR) is 83.5 cm³/mol. The van der Waals surface area contributed by atoms with Crippen LogP contribution in [0.25, 0.3) is 0 Å². The second-order valence-electron chi connectivity index (χ2n) is 4.66. The molecule has 0 bridgehead atoms. The fourth-order valence-corrected chi connectivity index (χ4v) is 1.82. The molecular formula is C17H19NO3. The van der Waals surface area contributed by atoms with Crippen molar-refractivity contribution < 1.29 is 14.9 Å². The van der Waals surface area contributed by atoms with E-state index < -0.39 is 0 Å². The van der Waals surface area contributed by atoms with Crippen LogP contribution in [0.15, 0.2) is 47.5 Å². The number of aliphatic hydroxyl groups is 1. The van der Waals surface area contributed by atoms with Gasteiger partial charge in [0.2, 0.25) is 0 Å². The quantitative estimate of drug-likeness (QED) is 0.799. The highest BCUT2D eigenvalue weighted by atomic mass is 16.5. The van der Waals surface area contributed by atoms with Crippen LogP contribution in [0.1, 0.15) is 24.5 Å². The van der Waals surface area contributed by atoms with E-state index in [1.165, 1.54) is 0 Å². The minimum atomic E-state index is -0.0158. The zero-order chi connectivity index (χ0) is 15.1. The summed E-state index contributed by atoms with van der Waals surface area (Å²) in [5, 5.41) is 19.0. The zero-order valence-electron chi connectivity index (χ0n) is 12.0. The number of aliphatic imine (C=N–C) groups is 1. The lowest BCUT2D eigenvalue weighted by Gasteiger charge is -2.06. The molecule has 4 heteroatoms. The fourth-order valence-electron chi connectivity index (χ4n) is 1.82. The number of aliphatic hydroxyl groups excluding tert-OH is 1. The van der Waals surface area contributed by atoms with E-state index in [2.05, 4.69) is 4.99 Å². The van der Waals surface area contributed by atoms with Crippen LogP contribution in [0, 0.1) is 0 Å². The van der Waals surface area contributed by atoms with Gasteiger partial charge in [-0.2, -0.15) is 0 Å². The van der Waals surface area contributed by atoms with Crippen molar-refractivity contribution >= 4 is 11.9 Å². The standard InChI is InChI=1S/C17H19NO3/c1-2-8-21-16-7-6-14(17(20)10-16)11-18-15-5-3-4-13(9-15)12-19/h3-7,9-11,19-20H,2,8,12H2,1H3. The monoisotopic (exact) mass is 285 g/mol. The number of phenols is 1. The van der Waals surface area contributed by atoms with Crippen LogP contribution in [0.2, 0.25) is 0 Å². The van der Waals surface area contributed by atoms with E-state index in [-0.39, 0.29) is 12.4 Å². The van der Waals surface area contributed by atoms with E-state index >= 15 is 0 Å². The highest BCUT2D eigenvalue weighted by Gasteiger charge is 2.01. The molecule has 2 aromatic rings. The number of nitrogens with zero attached hydrogens (tertiary/aromatic N) is 1. The summed E-state index contributed by atoms with van der Waals surface area (Å²) in [6, 6.07) is 12.5. The van der Waals surface area contributed by atoms with Crippen LogP contribution >= 0.6 is 0 Å². The van der Waals surface area contributed by atoms with E-state index in [1.807, 2.05) is 25.1 Å². The van der Waals surface area contributed by atoms with Crippen LogP contribution in [0.5, 0.6) is 11.5 Å². The Balaban J connectivity index is 2.13. The highest BCUT2D eigenvalue weighted by molar-refractivity contribution is 5.85. The molecule has 0 aromatic heterocycles. The van der Waals surface area contributed by atoms with Crippen LogP contribution < -0.4 is 4.74 Å². The van der Waals surface area contributed by atoms with Crippen LogP contribution in [-0.2, 0) is 6.61 Å². The number of hydrogen-bond donors (Lipinski definition) is 2. The summed E-state index contributed by atoms with van der Waals surface area (Å²) < 4.78 is 5.45. The van der Waals surface area contributed by atoms with Crippen molar-refractivity contribution in [3.63, 3.8) is 0 Å². The van der Waals surface area contributed by atoms with Gasteiger partial charge in [-0.1, -0.05) is 19.1 Å². The molecule has 0 saturated heterocycles. The molecule has 0 fully saturated rings. The maximum Gasteiger partial charge on any atom is 0.128 e. The Bertz CT molecular complexity index is 623. The summed E-state index contributed by atoms with van der Waals surface area (Å²) in [5.41, 5.74) is 2.15. The lowest BCUT2D eigenvalue weighted by atomic mass is 10.2. The molecular weight excluding hydrogens is 266 g/mol. The number of ether oxygens (including phenoxy) is 1. The predicted octanol–water partition coefficient (Wildman–Crippen LogP) is 3.42. The molecule has 2 rings (SSSR count). The SMILES string of the molecule is CCCOc1ccc(C=Nc2cccc(CO)c2)c(O)c1. The number of phenolic OH excluding ortho intramolecular Hbond substituents is 1. The average molecular weight is 285 g/mol. The van der Waals surface area contributed by atoms with Crippen molar-refractivity contribution in [1.29, 1.82) is 0 Å². The topological polar surface area (TPSA) is 62.0 Å². The first-order valence-corrected chi connectivity index (χ1v) is 6.92. The van der Waals surface area contributed by atoms with E-state index in [9.17, 15) is 5.11 Å². The van der Waals surface area contributed by atoms with Crippen LogP contribution in [-0.4, -0.2) is 23.0 Å². The maximum atomic E-state index is 9.96. The van der Waals surface area contributed by atoms with Crippen molar-refractivity contribution in [2.45, 2.75) is 20.0 Å². The van der Waals surface area contributed by atoms with Gasteiger partial charge < -0.3 is 14.9 Å². The van der Waals surface area contributed by atoms with Gasteiger partial charge in [0.05, 0.1) is 18.9 Å². The summed E-state index contributed by atoms with van der Waals surface area (Å²) in [4.78, 5) is 4.30. The molecule has 0 aliphatic carbocycles. The molecule has 2 aromatic carbocycles. The molecule has 0 aliphatic heterocycles. The van der Waals surface area contributed by atoms with Crippen LogP contribution in [0.4, 0.5) is 5.69 Å². The summed E-state index contributed by atoms with van der Waals surface area (Å²) in [5.74, 6) is 0.777. The summed E-state index contributed by atoms with van der Waals surface area (Å²) in [7, 11) is 0. The first-order valence-electron chi connectivity index (χ1n) is 6.92. The lowest BCUT2D eigenvalue weighted by Crippen LogP contribution is -1.95. The van der Waals surface area contributed by atoms with Gasteiger partial charge in [0.15, 0.2) is 0 Å². The van der Waals surface area contributed by atoms with E-state index in [1.54, 1.807) is 30.5 Å². The first kappa shape index (κ1) is 15.1. The third-order valence-corrected chi connectivity index (χ3v) is 2.92. The zero-order valence-corrected chi connectivity index (χ0v) is 12.0. The van der Waals surface area contributed by atoms with Gasteiger partial charge in [-0.15, -0.1) is 0 Å². The lowest BCUT2D eigenvalue weighted by molar-refractivity contribution is 0.282. The van der Waals surface area contributed by atoms with Gasteiger partial charge in [-0.05, 0) is 36.2 Å². The Hall–Kier alpha value is -2.33. The molecule has 0 atom stereocenters. The third-order valence-electron chi connectivity index (χ3n) is 2.92. The van der Waals surface area contributed by atoms with Gasteiger partial charge in [-0.3, -0.25) is 4.99 Å². The minimum absolute atomic E-state index is 0.0158. The third kappa shape index (κ3) is 4.33. The maximum absolute atomic E-state index is 9.96. The molecule has 4 nitrogen and oxygen atoms in total. The Labute approximate surface area is 124 Å². The van der Waals surface area contributed by atoms with Crippen molar-refractivity contribution in [1.82, 2.24) is 0 Å². The second-order valence-corrected chi connectivity index (χ2v) is 4.66. The molecule has 21 heavy (non-hydrogen) atoms. The average Bonchev–Trinajstić information content (AvgIpc) is 2.52. The van der Waals surface area contributed by atoms with Crippen molar-refractivity contribution in [2.24, 2.45) is 4.99 Å². The van der Waals surface area contributed by atoms with E-state index in [4.69, 9.17) is 9.84 Å². The Kier molecular flexibility index (Phi) is 5.35. The van der Waals surface area contributed by atoms with Crippen molar-refractivity contribution in [3.05, 3.63) is 53.6 Å². The molecule has 110 valence electrons. The largest absolute Gasteiger partial charge is 0.507 e. The number of aromatic hydroxyl groups is 1. The van der Waals surface area contributed by atoms with Crippen molar-refractivity contribution in [3.8, 4) is 11.5 Å². The number of benzene rings is 2. The fraction of sp³-hybridized carbons (Fsp3) is 0.235. The van der Waals surface area contributed by atoms with E-state index in [0.717, 1.165) is 17.7 Å². The Morgan fingerprint density at radius 1 is 1.19 bits per heavy atom. The summed E-state index contributed by atoms with van der Waals surface area (Å²) in [6.07, 6.45) is 2.51. The van der Waals surface area contributed by atoms with Gasteiger partial charge in [0, 0.05) is 17.8 Å². The number of hydrogen-bond acceptors (Lipinski definition) is 4. The molecule has 0 unspecified atom stereocenters. The normalized spacial score (nSPS) is 11.0. The molecule has 0 spiro atoms. The summed E-state index contributed by atoms with van der Waals surface area (Å²) in [6.45, 7) is 2.64. The molecule has 2 N–H and O–H groups in total. The smallest absolute Gasteiger partial charge is 0.128 e. The highest BCUT2D eigenvalue weighted by Crippen LogP contribution is 2.23. The molecule has 0 aliphatic rings. The number of rotatable bonds is 6. The molecule has 0 saturated carbocycles. The van der Waals surface area contributed by atoms with Gasteiger partial charge in [0.1, 0.15) is 11.5 Å². The molecule has 0 radical (unpaired) electrons. The van der Waals surface area contributed by atoms with E-state index in [0.29, 0.717) is 17.9 Å². The summed E-state index contributed by atoms with van der Waals surface area (Å²) >= 11 is 0. The van der Waals surface area contributed by atoms with Gasteiger partial charge in [-0.25, -0.2) is 0 Å².